The van der Waals surface area contributed by atoms with Crippen molar-refractivity contribution in [3.05, 3.63) is 103 Å². The zero-order valence-corrected chi connectivity index (χ0v) is 17.7. The Balaban J connectivity index is 0. The van der Waals surface area contributed by atoms with Crippen molar-refractivity contribution in [1.29, 1.82) is 0 Å². The molecule has 25 heavy (non-hydrogen) atoms. The first-order valence-corrected chi connectivity index (χ1v) is 9.54. The van der Waals surface area contributed by atoms with E-state index in [0.29, 0.717) is 0 Å². The molecule has 3 N–H and O–H groups in total. The maximum absolute atomic E-state index is 5.11. The van der Waals surface area contributed by atoms with E-state index in [-0.39, 0.29) is 22.2 Å². The van der Waals surface area contributed by atoms with Gasteiger partial charge < -0.3 is 18.4 Å². The number of rotatable bonds is 2. The van der Waals surface area contributed by atoms with Crippen molar-refractivity contribution in [3.63, 3.8) is 0 Å². The Morgan fingerprint density at radius 2 is 1.44 bits per heavy atom. The predicted octanol–water partition coefficient (Wildman–Crippen LogP) is 4.14. The zero-order valence-electron chi connectivity index (χ0n) is 13.3. The molecule has 0 bridgehead atoms. The summed E-state index contributed by atoms with van der Waals surface area (Å²) in [6, 6.07) is 22.0. The van der Waals surface area contributed by atoms with Gasteiger partial charge in [0.1, 0.15) is 0 Å². The Morgan fingerprint density at radius 1 is 1.00 bits per heavy atom. The van der Waals surface area contributed by atoms with Crippen molar-refractivity contribution in [2.45, 2.75) is 0 Å². The minimum atomic E-state index is 0. The molecule has 0 amide bonds. The Bertz CT molecular complexity index is 553. The van der Waals surface area contributed by atoms with Gasteiger partial charge >= 0.3 is 44.1 Å². The van der Waals surface area contributed by atoms with E-state index in [1.807, 2.05) is 108 Å². The number of hydrogen-bond acceptors (Lipinski definition) is 3. The molecule has 0 atom stereocenters. The number of allylic oxidation sites excluding steroid dienone is 5. The third kappa shape index (κ3) is 18.9. The summed E-state index contributed by atoms with van der Waals surface area (Å²) in [7, 11) is 4.57. The number of nitrogens with one attached hydrogen (secondary N) is 1. The first kappa shape index (κ1) is 25.9. The maximum atomic E-state index is 5.11. The normalized spacial score (nSPS) is 10.6. The fraction of sp³-hybridized carbons (Fsp3) is 0. The fourth-order valence-electron chi connectivity index (χ4n) is 1.36. The Labute approximate surface area is 180 Å². The van der Waals surface area contributed by atoms with E-state index in [1.54, 1.807) is 6.20 Å². The van der Waals surface area contributed by atoms with Gasteiger partial charge in [0.25, 0.3) is 0 Å². The van der Waals surface area contributed by atoms with Gasteiger partial charge in [-0.1, -0.05) is 60.7 Å². The van der Waals surface area contributed by atoms with Crippen LogP contribution in [0.2, 0.25) is 0 Å². The van der Waals surface area contributed by atoms with Crippen LogP contribution in [-0.2, 0) is 47.0 Å². The van der Waals surface area contributed by atoms with Crippen LogP contribution in [0.4, 0.5) is 0 Å². The molecule has 2 aromatic rings. The van der Waals surface area contributed by atoms with E-state index >= 15 is 0 Å². The third-order valence-electron chi connectivity index (χ3n) is 2.32. The third-order valence-corrected chi connectivity index (χ3v) is 2.41. The van der Waals surface area contributed by atoms with Crippen LogP contribution in [-0.4, -0.2) is 5.17 Å². The van der Waals surface area contributed by atoms with Crippen LogP contribution in [0, 0.1) is 0 Å². The van der Waals surface area contributed by atoms with E-state index < -0.39 is 0 Å². The van der Waals surface area contributed by atoms with Gasteiger partial charge in [-0.25, -0.2) is 12.1 Å². The first-order valence-electron chi connectivity index (χ1n) is 6.90. The van der Waals surface area contributed by atoms with E-state index in [2.05, 4.69) is 32.8 Å². The van der Waals surface area contributed by atoms with Gasteiger partial charge in [0.2, 0.25) is 0 Å². The molecule has 3 nitrogen and oxygen atoms in total. The van der Waals surface area contributed by atoms with Crippen molar-refractivity contribution < 1.29 is 34.4 Å². The minimum absolute atomic E-state index is 0. The van der Waals surface area contributed by atoms with E-state index in [9.17, 15) is 0 Å². The smallest absolute Gasteiger partial charge is 0.214 e. The predicted molar refractivity (Wildman–Crippen MR) is 103 cm³/mol. The van der Waals surface area contributed by atoms with Gasteiger partial charge in [-0.05, 0) is 10.7 Å². The molecule has 0 aromatic heterocycles. The SMILES string of the molecule is N/C([S-])=N/NC=C1C=CC=C1.[Cl][Ru+].[Fe+2].c1cc[cH-]c1.c1ccccc1. The molecule has 7 heteroatoms. The van der Waals surface area contributed by atoms with Crippen LogP contribution in [0.3, 0.4) is 0 Å². The number of nitrogens with zero attached hydrogens (tertiary/aromatic N) is 1. The van der Waals surface area contributed by atoms with Gasteiger partial charge in [0.05, 0.1) is 0 Å². The van der Waals surface area contributed by atoms with Gasteiger partial charge in [-0.15, -0.1) is 0 Å². The number of benzene rings is 1. The summed E-state index contributed by atoms with van der Waals surface area (Å²) in [5, 5.41) is 3.71. The standard InChI is InChI=1S/C7H9N3S.C6H6.C5H5.ClH.Fe.Ru/c8-7(11)10-9-5-6-3-1-2-4-6;1-2-4-6-5-3-1;1-2-4-5-3-1;;;/h1-5,9H,(H3,8,10,11);1-6H;1-5H;1H;;/q;;-1;;2*+2/p-2. The molecule has 0 saturated heterocycles. The molecule has 134 valence electrons. The summed E-state index contributed by atoms with van der Waals surface area (Å²) in [5.41, 5.74) is 8.78. The average Bonchev–Trinajstić information content (AvgIpc) is 3.35. The van der Waals surface area contributed by atoms with Crippen molar-refractivity contribution in [2.24, 2.45) is 10.8 Å². The van der Waals surface area contributed by atoms with E-state index in [0.717, 1.165) is 5.57 Å². The number of nitrogens with two attached hydrogens (primary N) is 1. The van der Waals surface area contributed by atoms with Gasteiger partial charge in [0, 0.05) is 6.20 Å². The van der Waals surface area contributed by atoms with Crippen LogP contribution in [0.15, 0.2) is 108 Å². The second-order valence-corrected chi connectivity index (χ2v) is 4.48. The number of hydrazone groups is 1. The van der Waals surface area contributed by atoms with Crippen LogP contribution < -0.4 is 11.2 Å². The second-order valence-electron chi connectivity index (χ2n) is 4.06. The van der Waals surface area contributed by atoms with Gasteiger partial charge in [-0.2, -0.15) is 23.3 Å². The quantitative estimate of drug-likeness (QED) is 0.162. The van der Waals surface area contributed by atoms with Crippen molar-refractivity contribution in [2.75, 3.05) is 0 Å². The Morgan fingerprint density at radius 3 is 1.76 bits per heavy atom. The molecule has 3 rings (SSSR count). The molecule has 1 aliphatic carbocycles. The molecule has 0 fully saturated rings. The van der Waals surface area contributed by atoms with Crippen LogP contribution in [0.25, 0.3) is 0 Å². The summed E-state index contributed by atoms with van der Waals surface area (Å²) in [4.78, 5) is 0. The van der Waals surface area contributed by atoms with Crippen molar-refractivity contribution in [3.8, 4) is 0 Å². The zero-order chi connectivity index (χ0) is 17.9. The van der Waals surface area contributed by atoms with Crippen LogP contribution in [0.1, 0.15) is 0 Å². The molecule has 1 aliphatic rings. The fourth-order valence-corrected chi connectivity index (χ4v) is 1.41. The molecule has 0 aliphatic heterocycles. The summed E-state index contributed by atoms with van der Waals surface area (Å²) < 4.78 is 0. The van der Waals surface area contributed by atoms with E-state index in [4.69, 9.17) is 5.73 Å². The van der Waals surface area contributed by atoms with Crippen molar-refractivity contribution >= 4 is 27.5 Å². The topological polar surface area (TPSA) is 50.4 Å². The van der Waals surface area contributed by atoms with Gasteiger partial charge in [0.15, 0.2) is 0 Å². The molecule has 0 unspecified atom stereocenters. The molecule has 0 saturated carbocycles. The minimum Gasteiger partial charge on any atom is -0.214 e. The number of halogens is 1. The summed E-state index contributed by atoms with van der Waals surface area (Å²) in [6.07, 6.45) is 9.49. The molecule has 2 aromatic carbocycles. The molecular weight excluding hydrogens is 483 g/mol. The Kier molecular flexibility index (Phi) is 21.5. The Hall–Kier alpha value is -1.29. The monoisotopic (exact) mass is 502 g/mol. The average molecular weight is 502 g/mol. The molecule has 0 spiro atoms. The molecule has 0 heterocycles. The second kappa shape index (κ2) is 20.8. The van der Waals surface area contributed by atoms with Crippen LogP contribution >= 0.6 is 9.69 Å². The van der Waals surface area contributed by atoms with E-state index in [1.165, 1.54) is 0 Å². The summed E-state index contributed by atoms with van der Waals surface area (Å²) >= 11 is 6.34. The molecular formula is C18H19ClFeN3RuS+. The summed E-state index contributed by atoms with van der Waals surface area (Å²) in [6.45, 7) is 0. The van der Waals surface area contributed by atoms with Crippen molar-refractivity contribution in [1.82, 2.24) is 5.43 Å². The maximum Gasteiger partial charge on any atom is 2.00 e. The summed E-state index contributed by atoms with van der Waals surface area (Å²) in [5.74, 6) is 0. The number of amidine groups is 1. The molecule has 0 radical (unpaired) electrons. The van der Waals surface area contributed by atoms with Crippen LogP contribution in [0.5, 0.6) is 0 Å². The number of hydrogen-bond donors (Lipinski definition) is 2. The largest absolute Gasteiger partial charge is 2.00 e. The first-order chi connectivity index (χ1) is 11.8. The van der Waals surface area contributed by atoms with Gasteiger partial charge in [-0.3, -0.25) is 5.43 Å².